The number of ether oxygens (including phenoxy) is 1. The summed E-state index contributed by atoms with van der Waals surface area (Å²) in [6, 6.07) is 6.44. The van der Waals surface area contributed by atoms with Crippen molar-refractivity contribution < 1.29 is 4.74 Å². The van der Waals surface area contributed by atoms with E-state index in [2.05, 4.69) is 40.8 Å². The third-order valence-corrected chi connectivity index (χ3v) is 4.98. The Labute approximate surface area is 124 Å². The molecule has 3 nitrogen and oxygen atoms in total. The van der Waals surface area contributed by atoms with Gasteiger partial charge >= 0.3 is 0 Å². The molecule has 1 heterocycles. The van der Waals surface area contributed by atoms with Crippen molar-refractivity contribution in [2.75, 3.05) is 13.7 Å². The molecule has 4 heteroatoms. The first-order valence-electron chi connectivity index (χ1n) is 7.12. The molecule has 0 fully saturated rings. The van der Waals surface area contributed by atoms with Crippen molar-refractivity contribution in [1.29, 1.82) is 0 Å². The number of fused-ring (bicyclic) bond motifs is 1. The van der Waals surface area contributed by atoms with Gasteiger partial charge in [0.25, 0.3) is 0 Å². The van der Waals surface area contributed by atoms with Crippen LogP contribution in [0.25, 0.3) is 0 Å². The number of thiazole rings is 1. The molecule has 0 spiro atoms. The highest BCUT2D eigenvalue weighted by atomic mass is 32.1. The minimum Gasteiger partial charge on any atom is -0.497 e. The lowest BCUT2D eigenvalue weighted by Gasteiger charge is -2.38. The highest BCUT2D eigenvalue weighted by molar-refractivity contribution is 7.09. The molecule has 0 bridgehead atoms. The van der Waals surface area contributed by atoms with E-state index in [1.54, 1.807) is 18.4 Å². The van der Waals surface area contributed by atoms with Gasteiger partial charge in [-0.25, -0.2) is 4.98 Å². The van der Waals surface area contributed by atoms with Crippen molar-refractivity contribution in [3.63, 3.8) is 0 Å². The molecule has 1 aromatic heterocycles. The van der Waals surface area contributed by atoms with Crippen LogP contribution in [-0.2, 0) is 12.0 Å². The summed E-state index contributed by atoms with van der Waals surface area (Å²) in [6.45, 7) is 3.10. The minimum atomic E-state index is -0.122. The van der Waals surface area contributed by atoms with Crippen LogP contribution in [0.3, 0.4) is 0 Å². The van der Waals surface area contributed by atoms with E-state index in [4.69, 9.17) is 4.74 Å². The zero-order valence-corrected chi connectivity index (χ0v) is 12.8. The first kappa shape index (κ1) is 13.6. The third kappa shape index (κ3) is 2.13. The summed E-state index contributed by atoms with van der Waals surface area (Å²) in [5.41, 5.74) is 2.62. The molecule has 1 aliphatic rings. The maximum Gasteiger partial charge on any atom is 0.119 e. The maximum absolute atomic E-state index is 5.37. The van der Waals surface area contributed by atoms with Gasteiger partial charge in [0.05, 0.1) is 12.6 Å². The number of aromatic nitrogens is 1. The van der Waals surface area contributed by atoms with Gasteiger partial charge in [-0.15, -0.1) is 11.3 Å². The SMILES string of the molecule is CCNC1(c2nccs2)CCCc2cc(OC)ccc21. The van der Waals surface area contributed by atoms with E-state index in [1.165, 1.54) is 22.6 Å². The zero-order chi connectivity index (χ0) is 14.0. The molecule has 0 aliphatic heterocycles. The Morgan fingerprint density at radius 3 is 3.05 bits per heavy atom. The van der Waals surface area contributed by atoms with Crippen LogP contribution < -0.4 is 10.1 Å². The molecular formula is C16H20N2OS. The van der Waals surface area contributed by atoms with Crippen LogP contribution >= 0.6 is 11.3 Å². The fraction of sp³-hybridized carbons (Fsp3) is 0.438. The van der Waals surface area contributed by atoms with Crippen molar-refractivity contribution in [1.82, 2.24) is 10.3 Å². The molecule has 0 saturated heterocycles. The van der Waals surface area contributed by atoms with Crippen LogP contribution in [-0.4, -0.2) is 18.6 Å². The molecule has 1 N–H and O–H groups in total. The van der Waals surface area contributed by atoms with Gasteiger partial charge in [-0.05, 0) is 49.1 Å². The summed E-state index contributed by atoms with van der Waals surface area (Å²) < 4.78 is 5.37. The molecule has 3 rings (SSSR count). The highest BCUT2D eigenvalue weighted by Gasteiger charge is 2.39. The summed E-state index contributed by atoms with van der Waals surface area (Å²) in [5, 5.41) is 6.93. The molecule has 1 aliphatic carbocycles. The van der Waals surface area contributed by atoms with Crippen molar-refractivity contribution in [2.24, 2.45) is 0 Å². The van der Waals surface area contributed by atoms with Gasteiger partial charge in [-0.1, -0.05) is 13.0 Å². The van der Waals surface area contributed by atoms with Crippen LogP contribution in [0.15, 0.2) is 29.8 Å². The Kier molecular flexibility index (Phi) is 3.76. The second-order valence-corrected chi connectivity index (χ2v) is 6.04. The average Bonchev–Trinajstić information content (AvgIpc) is 3.02. The molecule has 2 aromatic rings. The Balaban J connectivity index is 2.14. The normalized spacial score (nSPS) is 21.5. The second kappa shape index (κ2) is 5.54. The Hall–Kier alpha value is -1.39. The first-order chi connectivity index (χ1) is 9.80. The van der Waals surface area contributed by atoms with Gasteiger partial charge in [0.1, 0.15) is 10.8 Å². The van der Waals surface area contributed by atoms with Crippen LogP contribution in [0, 0.1) is 0 Å². The van der Waals surface area contributed by atoms with Crippen LogP contribution in [0.1, 0.15) is 35.9 Å². The van der Waals surface area contributed by atoms with Crippen LogP contribution in [0.5, 0.6) is 5.75 Å². The standard InChI is InChI=1S/C16H20N2OS/c1-3-18-16(15-17-9-10-20-15)8-4-5-12-11-13(19-2)6-7-14(12)16/h6-7,9-11,18H,3-5,8H2,1-2H3. The number of hydrogen-bond acceptors (Lipinski definition) is 4. The molecule has 20 heavy (non-hydrogen) atoms. The molecule has 1 unspecified atom stereocenters. The summed E-state index contributed by atoms with van der Waals surface area (Å²) in [4.78, 5) is 4.60. The molecule has 106 valence electrons. The Morgan fingerprint density at radius 1 is 1.45 bits per heavy atom. The van der Waals surface area contributed by atoms with Crippen molar-refractivity contribution >= 4 is 11.3 Å². The lowest BCUT2D eigenvalue weighted by atomic mass is 9.76. The predicted molar refractivity (Wildman–Crippen MR) is 82.5 cm³/mol. The average molecular weight is 288 g/mol. The van der Waals surface area contributed by atoms with Gasteiger partial charge < -0.3 is 10.1 Å². The number of rotatable bonds is 4. The Morgan fingerprint density at radius 2 is 2.35 bits per heavy atom. The summed E-state index contributed by atoms with van der Waals surface area (Å²) in [6.07, 6.45) is 5.29. The van der Waals surface area contributed by atoms with E-state index in [-0.39, 0.29) is 5.54 Å². The van der Waals surface area contributed by atoms with Crippen LogP contribution in [0.4, 0.5) is 0 Å². The first-order valence-corrected chi connectivity index (χ1v) is 8.00. The number of nitrogens with one attached hydrogen (secondary N) is 1. The Bertz CT molecular complexity index is 582. The number of nitrogens with zero attached hydrogens (tertiary/aromatic N) is 1. The third-order valence-electron chi connectivity index (χ3n) is 4.05. The fourth-order valence-electron chi connectivity index (χ4n) is 3.22. The minimum absolute atomic E-state index is 0.122. The van der Waals surface area contributed by atoms with Gasteiger partial charge in [0.15, 0.2) is 0 Å². The van der Waals surface area contributed by atoms with Gasteiger partial charge in [0, 0.05) is 11.6 Å². The zero-order valence-electron chi connectivity index (χ0n) is 12.0. The van der Waals surface area contributed by atoms with Crippen LogP contribution in [0.2, 0.25) is 0 Å². The highest BCUT2D eigenvalue weighted by Crippen LogP contribution is 2.42. The number of benzene rings is 1. The maximum atomic E-state index is 5.37. The largest absolute Gasteiger partial charge is 0.497 e. The quantitative estimate of drug-likeness (QED) is 0.937. The van der Waals surface area contributed by atoms with Crippen molar-refractivity contribution in [3.05, 3.63) is 45.9 Å². The number of aryl methyl sites for hydroxylation is 1. The topological polar surface area (TPSA) is 34.2 Å². The fourth-order valence-corrected chi connectivity index (χ4v) is 4.07. The monoisotopic (exact) mass is 288 g/mol. The van der Waals surface area contributed by atoms with Gasteiger partial charge in [0.2, 0.25) is 0 Å². The predicted octanol–water partition coefficient (Wildman–Crippen LogP) is 3.34. The summed E-state index contributed by atoms with van der Waals surface area (Å²) >= 11 is 1.74. The van der Waals surface area contributed by atoms with E-state index in [1.807, 2.05) is 6.20 Å². The van der Waals surface area contributed by atoms with E-state index in [9.17, 15) is 0 Å². The smallest absolute Gasteiger partial charge is 0.119 e. The van der Waals surface area contributed by atoms with E-state index >= 15 is 0 Å². The van der Waals surface area contributed by atoms with Gasteiger partial charge in [-0.2, -0.15) is 0 Å². The van der Waals surface area contributed by atoms with E-state index < -0.39 is 0 Å². The second-order valence-electron chi connectivity index (χ2n) is 5.15. The molecular weight excluding hydrogens is 268 g/mol. The van der Waals surface area contributed by atoms with E-state index in [0.29, 0.717) is 0 Å². The van der Waals surface area contributed by atoms with E-state index in [0.717, 1.165) is 25.1 Å². The lowest BCUT2D eigenvalue weighted by Crippen LogP contribution is -2.45. The molecule has 1 aromatic carbocycles. The number of hydrogen-bond donors (Lipinski definition) is 1. The van der Waals surface area contributed by atoms with Crippen molar-refractivity contribution in [2.45, 2.75) is 31.7 Å². The molecule has 0 saturated carbocycles. The molecule has 1 atom stereocenters. The summed E-state index contributed by atoms with van der Waals surface area (Å²) in [7, 11) is 1.73. The number of methoxy groups -OCH3 is 1. The summed E-state index contributed by atoms with van der Waals surface area (Å²) in [5.74, 6) is 0.940. The molecule has 0 amide bonds. The molecule has 0 radical (unpaired) electrons. The van der Waals surface area contributed by atoms with Crippen molar-refractivity contribution in [3.8, 4) is 5.75 Å². The lowest BCUT2D eigenvalue weighted by molar-refractivity contribution is 0.348. The van der Waals surface area contributed by atoms with Gasteiger partial charge in [-0.3, -0.25) is 0 Å².